The maximum absolute atomic E-state index is 10.9. The van der Waals surface area contributed by atoms with Gasteiger partial charge in [-0.25, -0.2) is 0 Å². The van der Waals surface area contributed by atoms with Crippen molar-refractivity contribution < 1.29 is 4.79 Å². The molecule has 1 aliphatic carbocycles. The molecule has 0 aromatic carbocycles. The molecule has 1 N–H and O–H groups in total. The first-order valence-electron chi connectivity index (χ1n) is 5.22. The average Bonchev–Trinajstić information content (AvgIpc) is 2.08. The Labute approximate surface area is 80.4 Å². The van der Waals surface area contributed by atoms with Crippen LogP contribution in [0.3, 0.4) is 0 Å². The van der Waals surface area contributed by atoms with Crippen molar-refractivity contribution in [1.29, 1.82) is 0 Å². The fourth-order valence-corrected chi connectivity index (χ4v) is 1.91. The number of hydrogen-bond donors (Lipinski definition) is 1. The van der Waals surface area contributed by atoms with E-state index in [2.05, 4.69) is 12.2 Å². The van der Waals surface area contributed by atoms with Crippen LogP contribution in [0, 0.1) is 0 Å². The third-order valence-corrected chi connectivity index (χ3v) is 2.46. The largest absolute Gasteiger partial charge is 0.330 e. The third kappa shape index (κ3) is 3.21. The van der Waals surface area contributed by atoms with Gasteiger partial charge >= 0.3 is 0 Å². The van der Waals surface area contributed by atoms with Gasteiger partial charge in [0.05, 0.1) is 0 Å². The van der Waals surface area contributed by atoms with Crippen molar-refractivity contribution in [3.8, 4) is 0 Å². The highest BCUT2D eigenvalue weighted by Gasteiger charge is 2.12. The number of allylic oxidation sites excluding steroid dienone is 2. The lowest BCUT2D eigenvalue weighted by Gasteiger charge is -2.20. The minimum atomic E-state index is 0.0745. The van der Waals surface area contributed by atoms with E-state index in [1.807, 2.05) is 0 Å². The minimum absolute atomic E-state index is 0.0745. The molecule has 0 radical (unpaired) electrons. The Morgan fingerprint density at radius 1 is 1.38 bits per heavy atom. The first kappa shape index (κ1) is 10.3. The van der Waals surface area contributed by atoms with Gasteiger partial charge in [0.1, 0.15) is 0 Å². The van der Waals surface area contributed by atoms with E-state index >= 15 is 0 Å². The summed E-state index contributed by atoms with van der Waals surface area (Å²) in [5, 5.41) is 2.96. The highest BCUT2D eigenvalue weighted by atomic mass is 16.1. The Balaban J connectivity index is 2.64. The van der Waals surface area contributed by atoms with Crippen LogP contribution in [-0.2, 0) is 4.79 Å². The van der Waals surface area contributed by atoms with E-state index in [4.69, 9.17) is 0 Å². The van der Waals surface area contributed by atoms with Gasteiger partial charge in [0.15, 0.2) is 0 Å². The second-order valence-electron chi connectivity index (χ2n) is 3.72. The molecule has 0 aromatic rings. The van der Waals surface area contributed by atoms with Gasteiger partial charge in [-0.1, -0.05) is 18.9 Å². The summed E-state index contributed by atoms with van der Waals surface area (Å²) in [6.45, 7) is 3.78. The smallest absolute Gasteiger partial charge is 0.220 e. The van der Waals surface area contributed by atoms with Gasteiger partial charge in [0, 0.05) is 12.6 Å². The van der Waals surface area contributed by atoms with Gasteiger partial charge in [0.2, 0.25) is 5.91 Å². The Kier molecular flexibility index (Phi) is 4.00. The minimum Gasteiger partial charge on any atom is -0.330 e. The molecule has 0 aliphatic heterocycles. The summed E-state index contributed by atoms with van der Waals surface area (Å²) in [5.74, 6) is 0.0745. The van der Waals surface area contributed by atoms with Crippen LogP contribution < -0.4 is 5.32 Å². The van der Waals surface area contributed by atoms with E-state index in [-0.39, 0.29) is 5.91 Å². The van der Waals surface area contributed by atoms with Gasteiger partial charge < -0.3 is 5.32 Å². The number of carbonyl (C=O) groups is 1. The third-order valence-electron chi connectivity index (χ3n) is 2.46. The number of rotatable bonds is 3. The molecule has 1 rings (SSSR count). The van der Waals surface area contributed by atoms with Crippen LogP contribution in [-0.4, -0.2) is 5.91 Å². The van der Waals surface area contributed by atoms with E-state index in [1.165, 1.54) is 37.0 Å². The van der Waals surface area contributed by atoms with Crippen LogP contribution in [0.25, 0.3) is 0 Å². The highest BCUT2D eigenvalue weighted by Crippen LogP contribution is 2.25. The van der Waals surface area contributed by atoms with Crippen molar-refractivity contribution in [2.45, 2.75) is 52.4 Å². The zero-order valence-electron chi connectivity index (χ0n) is 8.65. The zero-order chi connectivity index (χ0) is 9.68. The summed E-state index contributed by atoms with van der Waals surface area (Å²) in [5.41, 5.74) is 2.68. The fourth-order valence-electron chi connectivity index (χ4n) is 1.91. The Hall–Kier alpha value is -0.790. The van der Waals surface area contributed by atoms with Crippen molar-refractivity contribution in [2.24, 2.45) is 0 Å². The number of hydrogen-bond acceptors (Lipinski definition) is 1. The molecule has 0 fully saturated rings. The highest BCUT2D eigenvalue weighted by molar-refractivity contribution is 5.75. The van der Waals surface area contributed by atoms with Gasteiger partial charge in [0.25, 0.3) is 0 Å². The molecule has 0 aromatic heterocycles. The molecule has 0 saturated carbocycles. The van der Waals surface area contributed by atoms with E-state index < -0.39 is 0 Å². The Morgan fingerprint density at radius 3 is 2.69 bits per heavy atom. The first-order chi connectivity index (χ1) is 6.24. The van der Waals surface area contributed by atoms with Crippen molar-refractivity contribution in [3.63, 3.8) is 0 Å². The van der Waals surface area contributed by atoms with Gasteiger partial charge in [-0.05, 0) is 32.1 Å². The van der Waals surface area contributed by atoms with Crippen molar-refractivity contribution in [2.75, 3.05) is 0 Å². The van der Waals surface area contributed by atoms with E-state index in [0.29, 0.717) is 0 Å². The second-order valence-corrected chi connectivity index (χ2v) is 3.72. The quantitative estimate of drug-likeness (QED) is 0.712. The normalized spacial score (nSPS) is 17.4. The molecule has 0 spiro atoms. The summed E-state index contributed by atoms with van der Waals surface area (Å²) in [6, 6.07) is 0. The zero-order valence-corrected chi connectivity index (χ0v) is 8.65. The monoisotopic (exact) mass is 181 g/mol. The predicted molar refractivity (Wildman–Crippen MR) is 54.2 cm³/mol. The average molecular weight is 181 g/mol. The molecule has 0 unspecified atom stereocenters. The van der Waals surface area contributed by atoms with Gasteiger partial charge in [-0.3, -0.25) is 4.79 Å². The fraction of sp³-hybridized carbons (Fsp3) is 0.727. The van der Waals surface area contributed by atoms with E-state index in [9.17, 15) is 4.79 Å². The molecule has 13 heavy (non-hydrogen) atoms. The lowest BCUT2D eigenvalue weighted by molar-refractivity contribution is -0.118. The van der Waals surface area contributed by atoms with Crippen LogP contribution in [0.5, 0.6) is 0 Å². The van der Waals surface area contributed by atoms with Gasteiger partial charge in [-0.2, -0.15) is 0 Å². The summed E-state index contributed by atoms with van der Waals surface area (Å²) in [4.78, 5) is 10.9. The lowest BCUT2D eigenvalue weighted by atomic mass is 9.93. The molecule has 2 heteroatoms. The lowest BCUT2D eigenvalue weighted by Crippen LogP contribution is -2.22. The summed E-state index contributed by atoms with van der Waals surface area (Å²) >= 11 is 0. The van der Waals surface area contributed by atoms with Crippen molar-refractivity contribution >= 4 is 5.91 Å². The van der Waals surface area contributed by atoms with Crippen molar-refractivity contribution in [1.82, 2.24) is 5.32 Å². The van der Waals surface area contributed by atoms with E-state index in [0.717, 1.165) is 12.8 Å². The second kappa shape index (κ2) is 5.05. The van der Waals surface area contributed by atoms with Crippen LogP contribution >= 0.6 is 0 Å². The van der Waals surface area contributed by atoms with Gasteiger partial charge in [-0.15, -0.1) is 0 Å². The molecule has 0 heterocycles. The van der Waals surface area contributed by atoms with E-state index in [1.54, 1.807) is 6.92 Å². The summed E-state index contributed by atoms with van der Waals surface area (Å²) in [7, 11) is 0. The number of nitrogens with one attached hydrogen (secondary N) is 1. The van der Waals surface area contributed by atoms with Crippen LogP contribution in [0.4, 0.5) is 0 Å². The molecule has 74 valence electrons. The molecule has 0 saturated heterocycles. The Bertz CT molecular complexity index is 218. The van der Waals surface area contributed by atoms with Crippen LogP contribution in [0.1, 0.15) is 52.4 Å². The standard InChI is InChI=1S/C11H19NO/c1-3-6-10-7-4-5-8-11(10)12-9(2)13/h3-8H2,1-2H3,(H,12,13). The SMILES string of the molecule is CCCC1=C(NC(C)=O)CCCC1. The molecule has 1 aliphatic rings. The molecule has 2 nitrogen and oxygen atoms in total. The predicted octanol–water partition coefficient (Wildman–Crippen LogP) is 2.75. The van der Waals surface area contributed by atoms with Crippen LogP contribution in [0.2, 0.25) is 0 Å². The maximum atomic E-state index is 10.9. The van der Waals surface area contributed by atoms with Crippen molar-refractivity contribution in [3.05, 3.63) is 11.3 Å². The van der Waals surface area contributed by atoms with Crippen LogP contribution in [0.15, 0.2) is 11.3 Å². The number of carbonyl (C=O) groups excluding carboxylic acids is 1. The summed E-state index contributed by atoms with van der Waals surface area (Å²) in [6.07, 6.45) is 7.09. The first-order valence-corrected chi connectivity index (χ1v) is 5.22. The molecular weight excluding hydrogens is 162 g/mol. The summed E-state index contributed by atoms with van der Waals surface area (Å²) < 4.78 is 0. The molecular formula is C11H19NO. The molecule has 0 bridgehead atoms. The topological polar surface area (TPSA) is 29.1 Å². The molecule has 1 amide bonds. The molecule has 0 atom stereocenters. The maximum Gasteiger partial charge on any atom is 0.220 e. The number of amides is 1. The Morgan fingerprint density at radius 2 is 2.08 bits per heavy atom.